The molecule has 2 aromatic rings. The number of esters is 1. The molecule has 1 aromatic carbocycles. The van der Waals surface area contributed by atoms with Gasteiger partial charge in [-0.3, -0.25) is 10.1 Å². The smallest absolute Gasteiger partial charge is 0.331 e. The molecule has 3 amide bonds. The minimum atomic E-state index is -0.688. The van der Waals surface area contributed by atoms with Crippen LogP contribution in [0.4, 0.5) is 4.79 Å². The maximum atomic E-state index is 11.7. The van der Waals surface area contributed by atoms with E-state index < -0.39 is 24.5 Å². The third-order valence-electron chi connectivity index (χ3n) is 3.09. The first-order chi connectivity index (χ1) is 12.4. The van der Waals surface area contributed by atoms with E-state index in [0.29, 0.717) is 0 Å². The summed E-state index contributed by atoms with van der Waals surface area (Å²) in [6.45, 7) is 3.01. The molecule has 0 aliphatic rings. The molecule has 0 atom stereocenters. The quantitative estimate of drug-likeness (QED) is 0.602. The third kappa shape index (κ3) is 6.52. The molecule has 0 saturated heterocycles. The second kappa shape index (κ2) is 9.53. The molecule has 0 bridgehead atoms. The summed E-state index contributed by atoms with van der Waals surface area (Å²) in [6.07, 6.45) is 2.88. The van der Waals surface area contributed by atoms with Crippen molar-refractivity contribution in [2.75, 3.05) is 6.61 Å². The highest BCUT2D eigenvalue weighted by Gasteiger charge is 2.10. The Morgan fingerprint density at radius 1 is 1.12 bits per heavy atom. The van der Waals surface area contributed by atoms with Crippen molar-refractivity contribution < 1.29 is 19.1 Å². The molecule has 6 nitrogen and oxygen atoms in total. The third-order valence-corrected chi connectivity index (χ3v) is 4.19. The average Bonchev–Trinajstić information content (AvgIpc) is 3.07. The first-order valence-corrected chi connectivity index (χ1v) is 8.86. The predicted octanol–water partition coefficient (Wildman–Crippen LogP) is 3.21. The number of urea groups is 1. The molecule has 1 aromatic heterocycles. The van der Waals surface area contributed by atoms with Crippen molar-refractivity contribution in [2.24, 2.45) is 0 Å². The molecule has 0 saturated carbocycles. The molecule has 2 N–H and O–H groups in total. The molecule has 136 valence electrons. The van der Waals surface area contributed by atoms with Crippen molar-refractivity contribution in [3.8, 4) is 10.4 Å². The Bertz CT molecular complexity index is 797. The largest absolute Gasteiger partial charge is 0.452 e. The van der Waals surface area contributed by atoms with Crippen molar-refractivity contribution >= 4 is 35.3 Å². The van der Waals surface area contributed by atoms with Gasteiger partial charge in [-0.1, -0.05) is 30.3 Å². The second-order valence-electron chi connectivity index (χ2n) is 5.69. The van der Waals surface area contributed by atoms with Crippen molar-refractivity contribution in [3.63, 3.8) is 0 Å². The fraction of sp³-hybridized carbons (Fsp3) is 0.211. The van der Waals surface area contributed by atoms with Crippen molar-refractivity contribution in [3.05, 3.63) is 53.4 Å². The van der Waals surface area contributed by atoms with Gasteiger partial charge in [-0.25, -0.2) is 9.59 Å². The summed E-state index contributed by atoms with van der Waals surface area (Å²) < 4.78 is 4.81. The average molecular weight is 372 g/mol. The number of thiophene rings is 1. The first kappa shape index (κ1) is 19.4. The number of ether oxygens (including phenoxy) is 1. The second-order valence-corrected chi connectivity index (χ2v) is 6.80. The summed E-state index contributed by atoms with van der Waals surface area (Å²) in [5.41, 5.74) is 1.11. The Kier molecular flexibility index (Phi) is 7.11. The van der Waals surface area contributed by atoms with Gasteiger partial charge in [-0.15, -0.1) is 11.3 Å². The fourth-order valence-corrected chi connectivity index (χ4v) is 2.91. The SMILES string of the molecule is CC(C)NC(=O)NC(=O)COC(=O)/C=C/c1ccc(-c2ccccc2)s1. The number of carbonyl (C=O) groups is 3. The van der Waals surface area contributed by atoms with Gasteiger partial charge in [-0.2, -0.15) is 0 Å². The zero-order valence-corrected chi connectivity index (χ0v) is 15.3. The Hall–Kier alpha value is -2.93. The van der Waals surface area contributed by atoms with E-state index in [-0.39, 0.29) is 6.04 Å². The molecular weight excluding hydrogens is 352 g/mol. The Morgan fingerprint density at radius 2 is 1.85 bits per heavy atom. The van der Waals surface area contributed by atoms with E-state index in [2.05, 4.69) is 10.6 Å². The molecule has 26 heavy (non-hydrogen) atoms. The number of benzene rings is 1. The van der Waals surface area contributed by atoms with Gasteiger partial charge in [0.15, 0.2) is 6.61 Å². The van der Waals surface area contributed by atoms with Crippen LogP contribution in [0.5, 0.6) is 0 Å². The van der Waals surface area contributed by atoms with E-state index in [0.717, 1.165) is 15.3 Å². The number of amides is 3. The molecule has 2 rings (SSSR count). The van der Waals surface area contributed by atoms with Crippen LogP contribution in [0, 0.1) is 0 Å². The lowest BCUT2D eigenvalue weighted by molar-refractivity contribution is -0.143. The highest BCUT2D eigenvalue weighted by molar-refractivity contribution is 7.16. The summed E-state index contributed by atoms with van der Waals surface area (Å²) in [5, 5.41) is 4.57. The van der Waals surface area contributed by atoms with Gasteiger partial charge in [0.2, 0.25) is 0 Å². The summed E-state index contributed by atoms with van der Waals surface area (Å²) in [4.78, 5) is 36.5. The lowest BCUT2D eigenvalue weighted by atomic mass is 10.2. The number of carbonyl (C=O) groups excluding carboxylic acids is 3. The first-order valence-electron chi connectivity index (χ1n) is 8.04. The molecule has 0 aliphatic heterocycles. The maximum absolute atomic E-state index is 11.7. The van der Waals surface area contributed by atoms with Gasteiger partial charge in [0.05, 0.1) is 0 Å². The Labute approximate surface area is 155 Å². The van der Waals surface area contributed by atoms with Gasteiger partial charge in [0, 0.05) is 21.9 Å². The van der Waals surface area contributed by atoms with Crippen LogP contribution in [-0.2, 0) is 14.3 Å². The summed E-state index contributed by atoms with van der Waals surface area (Å²) in [7, 11) is 0. The summed E-state index contributed by atoms with van der Waals surface area (Å²) in [5.74, 6) is -1.34. The van der Waals surface area contributed by atoms with Crippen LogP contribution in [-0.4, -0.2) is 30.6 Å². The predicted molar refractivity (Wildman–Crippen MR) is 102 cm³/mol. The van der Waals surface area contributed by atoms with Gasteiger partial charge < -0.3 is 10.1 Å². The van der Waals surface area contributed by atoms with Crippen LogP contribution in [0.25, 0.3) is 16.5 Å². The van der Waals surface area contributed by atoms with Crippen LogP contribution in [0.15, 0.2) is 48.5 Å². The number of hydrogen-bond acceptors (Lipinski definition) is 5. The fourth-order valence-electron chi connectivity index (χ4n) is 2.00. The zero-order valence-electron chi connectivity index (χ0n) is 14.5. The molecule has 0 radical (unpaired) electrons. The van der Waals surface area contributed by atoms with Crippen LogP contribution >= 0.6 is 11.3 Å². The minimum absolute atomic E-state index is 0.0974. The summed E-state index contributed by atoms with van der Waals surface area (Å²) >= 11 is 1.54. The maximum Gasteiger partial charge on any atom is 0.331 e. The van der Waals surface area contributed by atoms with E-state index in [1.165, 1.54) is 17.4 Å². The number of hydrogen-bond donors (Lipinski definition) is 2. The Morgan fingerprint density at radius 3 is 2.54 bits per heavy atom. The lowest BCUT2D eigenvalue weighted by Crippen LogP contribution is -2.43. The lowest BCUT2D eigenvalue weighted by Gasteiger charge is -2.08. The van der Waals surface area contributed by atoms with Crippen molar-refractivity contribution in [1.82, 2.24) is 10.6 Å². The normalized spacial score (nSPS) is 10.7. The highest BCUT2D eigenvalue weighted by Crippen LogP contribution is 2.28. The highest BCUT2D eigenvalue weighted by atomic mass is 32.1. The molecule has 0 unspecified atom stereocenters. The Balaban J connectivity index is 1.80. The van der Waals surface area contributed by atoms with E-state index in [4.69, 9.17) is 4.74 Å². The van der Waals surface area contributed by atoms with Crippen LogP contribution in [0.1, 0.15) is 18.7 Å². The molecule has 0 spiro atoms. The molecular formula is C19H20N2O4S. The van der Waals surface area contributed by atoms with Crippen LogP contribution < -0.4 is 10.6 Å². The van der Waals surface area contributed by atoms with Gasteiger partial charge in [0.25, 0.3) is 5.91 Å². The van der Waals surface area contributed by atoms with Crippen LogP contribution in [0.2, 0.25) is 0 Å². The van der Waals surface area contributed by atoms with Crippen LogP contribution in [0.3, 0.4) is 0 Å². The number of imide groups is 1. The topological polar surface area (TPSA) is 84.5 Å². The monoisotopic (exact) mass is 372 g/mol. The number of nitrogens with one attached hydrogen (secondary N) is 2. The van der Waals surface area contributed by atoms with E-state index in [1.54, 1.807) is 19.9 Å². The van der Waals surface area contributed by atoms with E-state index >= 15 is 0 Å². The van der Waals surface area contributed by atoms with E-state index in [9.17, 15) is 14.4 Å². The van der Waals surface area contributed by atoms with Gasteiger partial charge in [0.1, 0.15) is 0 Å². The summed E-state index contributed by atoms with van der Waals surface area (Å²) in [6, 6.07) is 13.1. The molecule has 1 heterocycles. The van der Waals surface area contributed by atoms with E-state index in [1.807, 2.05) is 42.5 Å². The molecule has 0 fully saturated rings. The van der Waals surface area contributed by atoms with Crippen molar-refractivity contribution in [2.45, 2.75) is 19.9 Å². The standard InChI is InChI=1S/C19H20N2O4S/c1-13(2)20-19(24)21-17(22)12-25-18(23)11-9-15-8-10-16(26-15)14-6-4-3-5-7-14/h3-11,13H,12H2,1-2H3,(H2,20,21,22,24)/b11-9+. The molecule has 7 heteroatoms. The number of rotatable bonds is 6. The molecule has 0 aliphatic carbocycles. The van der Waals surface area contributed by atoms with Gasteiger partial charge in [-0.05, 0) is 37.6 Å². The van der Waals surface area contributed by atoms with Gasteiger partial charge >= 0.3 is 12.0 Å². The zero-order chi connectivity index (χ0) is 18.9. The minimum Gasteiger partial charge on any atom is -0.452 e. The van der Waals surface area contributed by atoms with Crippen molar-refractivity contribution in [1.29, 1.82) is 0 Å².